The summed E-state index contributed by atoms with van der Waals surface area (Å²) >= 11 is 6.04. The summed E-state index contributed by atoms with van der Waals surface area (Å²) in [5.74, 6) is 1.35. The number of rotatable bonds is 4. The van der Waals surface area contributed by atoms with Crippen LogP contribution in [0.3, 0.4) is 0 Å². The van der Waals surface area contributed by atoms with Crippen LogP contribution in [0, 0.1) is 31.1 Å². The van der Waals surface area contributed by atoms with Gasteiger partial charge in [-0.25, -0.2) is 0 Å². The fraction of sp³-hybridized carbons (Fsp3) is 0.444. The summed E-state index contributed by atoms with van der Waals surface area (Å²) in [6, 6.07) is 11.9. The van der Waals surface area contributed by atoms with Gasteiger partial charge in [-0.2, -0.15) is 0 Å². The highest BCUT2D eigenvalue weighted by atomic mass is 35.5. The Balaban J connectivity index is 2.11. The first-order chi connectivity index (χ1) is 14.0. The molecule has 1 N–H and O–H groups in total. The van der Waals surface area contributed by atoms with E-state index >= 15 is 0 Å². The second-order valence-electron chi connectivity index (χ2n) is 9.53. The topological polar surface area (TPSA) is 37.3 Å². The summed E-state index contributed by atoms with van der Waals surface area (Å²) in [5.41, 5.74) is 5.21. The third-order valence-electron chi connectivity index (χ3n) is 7.05. The van der Waals surface area contributed by atoms with E-state index in [4.69, 9.17) is 11.6 Å². The van der Waals surface area contributed by atoms with Crippen molar-refractivity contribution in [2.24, 2.45) is 17.3 Å². The van der Waals surface area contributed by atoms with Gasteiger partial charge in [0.2, 0.25) is 0 Å². The molecule has 2 nitrogen and oxygen atoms in total. The van der Waals surface area contributed by atoms with Crippen molar-refractivity contribution in [1.29, 1.82) is 0 Å². The minimum absolute atomic E-state index is 0.0817. The summed E-state index contributed by atoms with van der Waals surface area (Å²) in [6.07, 6.45) is 2.88. The highest BCUT2D eigenvalue weighted by molar-refractivity contribution is 6.30. The molecular weight excluding hydrogens is 392 g/mol. The monoisotopic (exact) mass is 424 g/mol. The first kappa shape index (κ1) is 22.6. The number of allylic oxidation sites excluding steroid dienone is 2. The average Bonchev–Trinajstić information content (AvgIpc) is 2.68. The molecule has 3 rings (SSSR count). The molecule has 3 heteroatoms. The average molecular weight is 425 g/mol. The van der Waals surface area contributed by atoms with E-state index in [0.717, 1.165) is 47.1 Å². The lowest BCUT2D eigenvalue weighted by atomic mass is 9.65. The van der Waals surface area contributed by atoms with Gasteiger partial charge < -0.3 is 5.11 Å². The van der Waals surface area contributed by atoms with Gasteiger partial charge in [0.15, 0.2) is 5.78 Å². The van der Waals surface area contributed by atoms with Crippen molar-refractivity contribution >= 4 is 23.0 Å². The number of aryl methyl sites for hydroxylation is 2. The Hall–Kier alpha value is -2.06. The number of hydrogen-bond donors (Lipinski definition) is 1. The predicted molar refractivity (Wildman–Crippen MR) is 127 cm³/mol. The summed E-state index contributed by atoms with van der Waals surface area (Å²) in [4.78, 5) is 12.7. The molecule has 0 aromatic heterocycles. The van der Waals surface area contributed by atoms with E-state index in [0.29, 0.717) is 22.4 Å². The normalized spacial score (nSPS) is 25.0. The molecule has 2 aromatic carbocycles. The maximum Gasteiger partial charge on any atom is 0.163 e. The van der Waals surface area contributed by atoms with Crippen molar-refractivity contribution in [2.75, 3.05) is 0 Å². The Bertz CT molecular complexity index is 987. The zero-order chi connectivity index (χ0) is 22.2. The highest BCUT2D eigenvalue weighted by Crippen LogP contribution is 2.48. The van der Waals surface area contributed by atoms with Crippen LogP contribution in [0.4, 0.5) is 0 Å². The lowest BCUT2D eigenvalue weighted by Gasteiger charge is -2.40. The third-order valence-corrected chi connectivity index (χ3v) is 7.30. The van der Waals surface area contributed by atoms with E-state index in [1.165, 1.54) is 0 Å². The molecule has 30 heavy (non-hydrogen) atoms. The third kappa shape index (κ3) is 4.34. The van der Waals surface area contributed by atoms with Gasteiger partial charge >= 0.3 is 0 Å². The number of carbonyl (C=O) groups is 1. The molecule has 0 amide bonds. The first-order valence-corrected chi connectivity index (χ1v) is 11.2. The van der Waals surface area contributed by atoms with E-state index in [-0.39, 0.29) is 17.0 Å². The molecule has 1 saturated carbocycles. The van der Waals surface area contributed by atoms with Crippen LogP contribution in [0.2, 0.25) is 5.02 Å². The van der Waals surface area contributed by atoms with Gasteiger partial charge in [0.05, 0.1) is 5.57 Å². The minimum Gasteiger partial charge on any atom is -0.511 e. The summed E-state index contributed by atoms with van der Waals surface area (Å²) < 4.78 is 0. The zero-order valence-electron chi connectivity index (χ0n) is 19.0. The molecule has 0 heterocycles. The first-order valence-electron chi connectivity index (χ1n) is 10.9. The lowest BCUT2D eigenvalue weighted by Crippen LogP contribution is -2.32. The van der Waals surface area contributed by atoms with Gasteiger partial charge in [0.1, 0.15) is 5.76 Å². The number of carbonyl (C=O) groups excluding carboxylic acids is 1. The van der Waals surface area contributed by atoms with Gasteiger partial charge in [0, 0.05) is 10.4 Å². The second kappa shape index (κ2) is 8.59. The minimum atomic E-state index is -0.359. The van der Waals surface area contributed by atoms with Crippen LogP contribution in [-0.4, -0.2) is 10.9 Å². The molecule has 3 atom stereocenters. The quantitative estimate of drug-likeness (QED) is 0.399. The van der Waals surface area contributed by atoms with Crippen molar-refractivity contribution < 1.29 is 9.90 Å². The Kier molecular flexibility index (Phi) is 6.48. The molecule has 1 aliphatic rings. The highest BCUT2D eigenvalue weighted by Gasteiger charge is 2.39. The van der Waals surface area contributed by atoms with Gasteiger partial charge in [-0.15, -0.1) is 0 Å². The number of aliphatic hydroxyl groups excluding tert-OH is 1. The summed E-state index contributed by atoms with van der Waals surface area (Å²) in [5, 5.41) is 12.1. The maximum atomic E-state index is 12.7. The van der Waals surface area contributed by atoms with Crippen molar-refractivity contribution in [2.45, 2.75) is 60.8 Å². The molecule has 1 fully saturated rings. The number of halogens is 1. The SMILES string of the molecule is CC(=O)/C(=C(/O)C1(C)CCC(C)C(C)C1)c1cc(C)c(-c2ccc(Cl)cc2)cc1C. The molecule has 0 aliphatic heterocycles. The number of hydrogen-bond acceptors (Lipinski definition) is 2. The van der Waals surface area contributed by atoms with Crippen LogP contribution < -0.4 is 0 Å². The van der Waals surface area contributed by atoms with Gasteiger partial charge in [-0.3, -0.25) is 4.79 Å². The van der Waals surface area contributed by atoms with Crippen molar-refractivity contribution in [3.63, 3.8) is 0 Å². The van der Waals surface area contributed by atoms with Crippen molar-refractivity contribution in [3.05, 3.63) is 63.9 Å². The smallest absolute Gasteiger partial charge is 0.163 e. The summed E-state index contributed by atoms with van der Waals surface area (Å²) in [6.45, 7) is 12.3. The molecule has 0 spiro atoms. The van der Waals surface area contributed by atoms with Crippen LogP contribution in [0.25, 0.3) is 16.7 Å². The van der Waals surface area contributed by atoms with E-state index in [9.17, 15) is 9.90 Å². The van der Waals surface area contributed by atoms with E-state index in [1.807, 2.05) is 44.2 Å². The number of benzene rings is 2. The fourth-order valence-corrected chi connectivity index (χ4v) is 5.00. The van der Waals surface area contributed by atoms with Crippen LogP contribution in [-0.2, 0) is 4.79 Å². The van der Waals surface area contributed by atoms with Gasteiger partial charge in [-0.1, -0.05) is 56.6 Å². The number of aliphatic hydroxyl groups is 1. The maximum absolute atomic E-state index is 12.7. The Morgan fingerprint density at radius 3 is 2.27 bits per heavy atom. The van der Waals surface area contributed by atoms with Crippen LogP contribution in [0.15, 0.2) is 42.2 Å². The molecule has 160 valence electrons. The Morgan fingerprint density at radius 1 is 1.07 bits per heavy atom. The second-order valence-corrected chi connectivity index (χ2v) is 9.96. The number of Topliss-reactive ketones (excluding diaryl/α,β-unsaturated/α-hetero) is 1. The fourth-order valence-electron chi connectivity index (χ4n) is 4.87. The van der Waals surface area contributed by atoms with Crippen LogP contribution in [0.1, 0.15) is 63.6 Å². The molecule has 2 aromatic rings. The lowest BCUT2D eigenvalue weighted by molar-refractivity contribution is -0.112. The van der Waals surface area contributed by atoms with Crippen LogP contribution in [0.5, 0.6) is 0 Å². The zero-order valence-corrected chi connectivity index (χ0v) is 19.7. The van der Waals surface area contributed by atoms with E-state index in [2.05, 4.69) is 26.8 Å². The Labute approximate surface area is 186 Å². The predicted octanol–water partition coefficient (Wildman–Crippen LogP) is 7.94. The molecule has 1 aliphatic carbocycles. The molecule has 3 unspecified atom stereocenters. The molecular formula is C27H33ClO2. The standard InChI is InChI=1S/C27H33ClO2/c1-16-11-12-27(6,15-19(16)4)26(30)25(20(5)29)24-14-17(2)23(13-18(24)3)21-7-9-22(28)10-8-21/h7-10,13-14,16,19,30H,11-12,15H2,1-6H3/b26-25-. The van der Waals surface area contributed by atoms with Gasteiger partial charge in [0.25, 0.3) is 0 Å². The van der Waals surface area contributed by atoms with Crippen LogP contribution >= 0.6 is 11.6 Å². The Morgan fingerprint density at radius 2 is 1.70 bits per heavy atom. The van der Waals surface area contributed by atoms with E-state index < -0.39 is 0 Å². The van der Waals surface area contributed by atoms with Crippen molar-refractivity contribution in [1.82, 2.24) is 0 Å². The van der Waals surface area contributed by atoms with Crippen molar-refractivity contribution in [3.8, 4) is 11.1 Å². The molecule has 0 bridgehead atoms. The van der Waals surface area contributed by atoms with E-state index in [1.54, 1.807) is 6.92 Å². The van der Waals surface area contributed by atoms with Gasteiger partial charge in [-0.05, 0) is 91.8 Å². The molecule has 0 saturated heterocycles. The molecule has 0 radical (unpaired) electrons. The summed E-state index contributed by atoms with van der Waals surface area (Å²) in [7, 11) is 0. The largest absolute Gasteiger partial charge is 0.511 e. The number of ketones is 1.